The summed E-state index contributed by atoms with van der Waals surface area (Å²) in [5.41, 5.74) is 5.29. The number of imidazole rings is 1. The molecule has 1 aromatic heterocycles. The van der Waals surface area contributed by atoms with E-state index in [0.29, 0.717) is 18.4 Å². The van der Waals surface area contributed by atoms with Gasteiger partial charge < -0.3 is 20.5 Å². The van der Waals surface area contributed by atoms with E-state index in [9.17, 15) is 9.59 Å². The van der Waals surface area contributed by atoms with Crippen molar-refractivity contribution in [2.75, 3.05) is 19.6 Å². The largest absolute Gasteiger partial charge is 0.368 e. The second-order valence-electron chi connectivity index (χ2n) is 6.61. The van der Waals surface area contributed by atoms with E-state index in [4.69, 9.17) is 5.73 Å². The second-order valence-corrected chi connectivity index (χ2v) is 6.61. The molecule has 3 rings (SSSR count). The Labute approximate surface area is 136 Å². The van der Waals surface area contributed by atoms with Gasteiger partial charge in [0.1, 0.15) is 12.4 Å². The first-order chi connectivity index (χ1) is 11.1. The maximum absolute atomic E-state index is 11.8. The molecule has 2 heterocycles. The number of hydrogen-bond donors (Lipinski definition) is 2. The summed E-state index contributed by atoms with van der Waals surface area (Å²) >= 11 is 0. The van der Waals surface area contributed by atoms with Gasteiger partial charge in [-0.2, -0.15) is 0 Å². The van der Waals surface area contributed by atoms with Gasteiger partial charge in [-0.15, -0.1) is 0 Å². The summed E-state index contributed by atoms with van der Waals surface area (Å²) in [6.45, 7) is 2.86. The van der Waals surface area contributed by atoms with Crippen molar-refractivity contribution in [3.63, 3.8) is 0 Å². The van der Waals surface area contributed by atoms with Crippen LogP contribution in [-0.4, -0.2) is 51.9 Å². The molecule has 126 valence electrons. The first-order valence-electron chi connectivity index (χ1n) is 8.43. The van der Waals surface area contributed by atoms with Gasteiger partial charge in [-0.05, 0) is 32.2 Å². The van der Waals surface area contributed by atoms with E-state index in [-0.39, 0.29) is 18.4 Å². The van der Waals surface area contributed by atoms with Crippen molar-refractivity contribution in [3.8, 4) is 0 Å². The number of nitrogens with zero attached hydrogens (tertiary/aromatic N) is 3. The lowest BCUT2D eigenvalue weighted by Crippen LogP contribution is -2.38. The zero-order valence-corrected chi connectivity index (χ0v) is 13.4. The first-order valence-corrected chi connectivity index (χ1v) is 8.43. The van der Waals surface area contributed by atoms with Gasteiger partial charge in [0.05, 0.1) is 0 Å². The molecule has 1 aromatic rings. The van der Waals surface area contributed by atoms with Crippen LogP contribution in [0.15, 0.2) is 12.4 Å². The van der Waals surface area contributed by atoms with Crippen LogP contribution in [0.5, 0.6) is 0 Å². The van der Waals surface area contributed by atoms with Crippen molar-refractivity contribution in [2.24, 2.45) is 5.73 Å². The molecule has 1 aliphatic carbocycles. The number of amides is 2. The molecular weight excluding hydrogens is 294 g/mol. The highest BCUT2D eigenvalue weighted by Crippen LogP contribution is 2.26. The summed E-state index contributed by atoms with van der Waals surface area (Å²) in [6.07, 6.45) is 8.47. The van der Waals surface area contributed by atoms with Gasteiger partial charge in [0.25, 0.3) is 0 Å². The van der Waals surface area contributed by atoms with E-state index in [1.54, 1.807) is 6.20 Å². The lowest BCUT2D eigenvalue weighted by atomic mass is 9.97. The van der Waals surface area contributed by atoms with Crippen molar-refractivity contribution in [1.82, 2.24) is 19.8 Å². The fourth-order valence-corrected chi connectivity index (χ4v) is 3.24. The Bertz CT molecular complexity index is 567. The van der Waals surface area contributed by atoms with Gasteiger partial charge in [-0.3, -0.25) is 9.59 Å². The summed E-state index contributed by atoms with van der Waals surface area (Å²) in [7, 11) is 0. The van der Waals surface area contributed by atoms with Gasteiger partial charge in [0.15, 0.2) is 0 Å². The monoisotopic (exact) mass is 319 g/mol. The minimum atomic E-state index is -0.353. The summed E-state index contributed by atoms with van der Waals surface area (Å²) in [4.78, 5) is 29.7. The van der Waals surface area contributed by atoms with Gasteiger partial charge in [0.2, 0.25) is 11.8 Å². The van der Waals surface area contributed by atoms with Crippen molar-refractivity contribution in [1.29, 1.82) is 0 Å². The minimum absolute atomic E-state index is 0.157. The molecule has 0 spiro atoms. The van der Waals surface area contributed by atoms with Gasteiger partial charge in [0, 0.05) is 43.9 Å². The summed E-state index contributed by atoms with van der Waals surface area (Å²) < 4.78 is 1.84. The lowest BCUT2D eigenvalue weighted by Gasteiger charge is -2.32. The molecule has 1 aliphatic heterocycles. The van der Waals surface area contributed by atoms with E-state index in [1.165, 1.54) is 0 Å². The molecular formula is C16H25N5O2. The van der Waals surface area contributed by atoms with Crippen LogP contribution >= 0.6 is 0 Å². The molecule has 1 saturated carbocycles. The zero-order valence-electron chi connectivity index (χ0n) is 13.4. The molecule has 2 amide bonds. The van der Waals surface area contributed by atoms with Crippen LogP contribution in [0.25, 0.3) is 0 Å². The SMILES string of the molecule is NC(=O)Cn1ccnc1C1CCCN(CCC(=O)NC2CC2)C1. The molecule has 7 nitrogen and oxygen atoms in total. The van der Waals surface area contributed by atoms with Crippen LogP contribution in [0.3, 0.4) is 0 Å². The van der Waals surface area contributed by atoms with Crippen LogP contribution in [0, 0.1) is 0 Å². The topological polar surface area (TPSA) is 93.2 Å². The molecule has 1 atom stereocenters. The average Bonchev–Trinajstić information content (AvgIpc) is 3.21. The van der Waals surface area contributed by atoms with Gasteiger partial charge in [-0.25, -0.2) is 4.98 Å². The number of likely N-dealkylation sites (tertiary alicyclic amines) is 1. The summed E-state index contributed by atoms with van der Waals surface area (Å²) in [6, 6.07) is 0.429. The number of nitrogens with one attached hydrogen (secondary N) is 1. The van der Waals surface area contributed by atoms with E-state index >= 15 is 0 Å². The molecule has 7 heteroatoms. The number of carbonyl (C=O) groups is 2. The molecule has 2 fully saturated rings. The fourth-order valence-electron chi connectivity index (χ4n) is 3.24. The Morgan fingerprint density at radius 2 is 2.17 bits per heavy atom. The number of aromatic nitrogens is 2. The van der Waals surface area contributed by atoms with Gasteiger partial charge in [-0.1, -0.05) is 0 Å². The van der Waals surface area contributed by atoms with E-state index < -0.39 is 0 Å². The lowest BCUT2D eigenvalue weighted by molar-refractivity contribution is -0.121. The molecule has 0 radical (unpaired) electrons. The van der Waals surface area contributed by atoms with Crippen molar-refractivity contribution >= 4 is 11.8 Å². The highest BCUT2D eigenvalue weighted by atomic mass is 16.2. The fraction of sp³-hybridized carbons (Fsp3) is 0.688. The Morgan fingerprint density at radius 1 is 1.35 bits per heavy atom. The number of piperidine rings is 1. The number of rotatable bonds is 7. The molecule has 0 aromatic carbocycles. The van der Waals surface area contributed by atoms with Crippen LogP contribution in [0.4, 0.5) is 0 Å². The van der Waals surface area contributed by atoms with Gasteiger partial charge >= 0.3 is 0 Å². The third-order valence-corrected chi connectivity index (χ3v) is 4.54. The van der Waals surface area contributed by atoms with Crippen LogP contribution in [0.2, 0.25) is 0 Å². The van der Waals surface area contributed by atoms with Crippen LogP contribution in [-0.2, 0) is 16.1 Å². The number of hydrogen-bond acceptors (Lipinski definition) is 4. The Hall–Kier alpha value is -1.89. The van der Waals surface area contributed by atoms with Crippen LogP contribution < -0.4 is 11.1 Å². The number of primary amides is 1. The summed E-state index contributed by atoms with van der Waals surface area (Å²) in [5.74, 6) is 1.03. The molecule has 2 aliphatic rings. The number of carbonyl (C=O) groups excluding carboxylic acids is 2. The van der Waals surface area contributed by atoms with Crippen molar-refractivity contribution in [2.45, 2.75) is 50.6 Å². The third-order valence-electron chi connectivity index (χ3n) is 4.54. The molecule has 1 saturated heterocycles. The highest BCUT2D eigenvalue weighted by Gasteiger charge is 2.26. The second kappa shape index (κ2) is 7.12. The first kappa shape index (κ1) is 16.0. The van der Waals surface area contributed by atoms with E-state index in [0.717, 1.165) is 51.1 Å². The van der Waals surface area contributed by atoms with Crippen LogP contribution in [0.1, 0.15) is 43.8 Å². The minimum Gasteiger partial charge on any atom is -0.368 e. The molecule has 23 heavy (non-hydrogen) atoms. The summed E-state index contributed by atoms with van der Waals surface area (Å²) in [5, 5.41) is 3.03. The highest BCUT2D eigenvalue weighted by molar-refractivity contribution is 5.76. The average molecular weight is 319 g/mol. The predicted molar refractivity (Wildman–Crippen MR) is 85.6 cm³/mol. The zero-order chi connectivity index (χ0) is 16.2. The van der Waals surface area contributed by atoms with E-state index in [2.05, 4.69) is 15.2 Å². The number of nitrogens with two attached hydrogens (primary N) is 1. The van der Waals surface area contributed by atoms with E-state index in [1.807, 2.05) is 10.8 Å². The maximum Gasteiger partial charge on any atom is 0.237 e. The van der Waals surface area contributed by atoms with Crippen molar-refractivity contribution < 1.29 is 9.59 Å². The Balaban J connectivity index is 1.52. The standard InChI is InChI=1S/C16H25N5O2/c17-14(22)11-21-9-6-18-16(21)12-2-1-7-20(10-12)8-5-15(23)19-13-3-4-13/h6,9,12-13H,1-5,7-8,10-11H2,(H2,17,22)(H,19,23). The predicted octanol–water partition coefficient (Wildman–Crippen LogP) is 0.216. The normalized spacial score (nSPS) is 22.0. The Morgan fingerprint density at radius 3 is 2.91 bits per heavy atom. The third kappa shape index (κ3) is 4.54. The Kier molecular flexibility index (Phi) is 4.95. The van der Waals surface area contributed by atoms with Crippen molar-refractivity contribution in [3.05, 3.63) is 18.2 Å². The molecule has 0 bridgehead atoms. The maximum atomic E-state index is 11.8. The molecule has 3 N–H and O–H groups in total. The smallest absolute Gasteiger partial charge is 0.237 e. The molecule has 1 unspecified atom stereocenters. The quantitative estimate of drug-likeness (QED) is 0.751.